The Kier molecular flexibility index (Phi) is 3.33. The number of hydrogen-bond acceptors (Lipinski definition) is 1. The van der Waals surface area contributed by atoms with Crippen molar-refractivity contribution in [3.8, 4) is 0 Å². The van der Waals surface area contributed by atoms with Crippen LogP contribution in [0.5, 0.6) is 0 Å². The Labute approximate surface area is 85.9 Å². The first-order valence-electron chi connectivity index (χ1n) is 5.53. The lowest BCUT2D eigenvalue weighted by molar-refractivity contribution is 0.444. The van der Waals surface area contributed by atoms with Crippen molar-refractivity contribution >= 4 is 6.21 Å². The minimum Gasteiger partial charge on any atom is -0.289 e. The van der Waals surface area contributed by atoms with Gasteiger partial charge in [-0.15, -0.1) is 0 Å². The van der Waals surface area contributed by atoms with Crippen LogP contribution in [0.1, 0.15) is 37.7 Å². The summed E-state index contributed by atoms with van der Waals surface area (Å²) in [4.78, 5) is 4.63. The summed E-state index contributed by atoms with van der Waals surface area (Å²) in [6.45, 7) is 0. The molecule has 1 aliphatic carbocycles. The van der Waals surface area contributed by atoms with E-state index in [0.29, 0.717) is 6.04 Å². The van der Waals surface area contributed by atoms with Crippen LogP contribution in [0.4, 0.5) is 0 Å². The Hall–Kier alpha value is -1.11. The van der Waals surface area contributed by atoms with Gasteiger partial charge in [0.1, 0.15) is 0 Å². The van der Waals surface area contributed by atoms with Crippen LogP contribution >= 0.6 is 0 Å². The van der Waals surface area contributed by atoms with E-state index in [0.717, 1.165) is 0 Å². The van der Waals surface area contributed by atoms with Gasteiger partial charge in [-0.25, -0.2) is 0 Å². The molecule has 0 N–H and O–H groups in total. The third-order valence-electron chi connectivity index (χ3n) is 2.81. The summed E-state index contributed by atoms with van der Waals surface area (Å²) in [6.07, 6.45) is 8.70. The van der Waals surface area contributed by atoms with Crippen LogP contribution in [0.3, 0.4) is 0 Å². The summed E-state index contributed by atoms with van der Waals surface area (Å²) in [5.74, 6) is 0. The van der Waals surface area contributed by atoms with Crippen LogP contribution in [-0.4, -0.2) is 12.3 Å². The lowest BCUT2D eigenvalue weighted by Crippen LogP contribution is -2.09. The highest BCUT2D eigenvalue weighted by molar-refractivity contribution is 5.79. The van der Waals surface area contributed by atoms with Crippen molar-refractivity contribution in [3.05, 3.63) is 35.9 Å². The molecule has 1 aromatic rings. The van der Waals surface area contributed by atoms with Crippen molar-refractivity contribution in [2.75, 3.05) is 0 Å². The molecule has 0 amide bonds. The second-order valence-electron chi connectivity index (χ2n) is 3.98. The minimum absolute atomic E-state index is 0.587. The van der Waals surface area contributed by atoms with E-state index < -0.39 is 0 Å². The SMILES string of the molecule is C(=N\C1CCCCC1)/c1ccccc1. The van der Waals surface area contributed by atoms with Crippen LogP contribution in [0.25, 0.3) is 0 Å². The lowest BCUT2D eigenvalue weighted by Gasteiger charge is -2.16. The first-order chi connectivity index (χ1) is 6.95. The molecule has 0 bridgehead atoms. The highest BCUT2D eigenvalue weighted by Gasteiger charge is 2.10. The molecule has 0 atom stereocenters. The zero-order chi connectivity index (χ0) is 9.64. The summed E-state index contributed by atoms with van der Waals surface area (Å²) in [6, 6.07) is 10.9. The number of hydrogen-bond donors (Lipinski definition) is 0. The van der Waals surface area contributed by atoms with Crippen molar-refractivity contribution in [3.63, 3.8) is 0 Å². The molecule has 74 valence electrons. The first-order valence-corrected chi connectivity index (χ1v) is 5.53. The Morgan fingerprint density at radius 1 is 1.00 bits per heavy atom. The molecule has 1 aromatic carbocycles. The average Bonchev–Trinajstić information content (AvgIpc) is 2.29. The van der Waals surface area contributed by atoms with Crippen molar-refractivity contribution in [1.82, 2.24) is 0 Å². The molecule has 1 heteroatoms. The van der Waals surface area contributed by atoms with Gasteiger partial charge in [0.05, 0.1) is 0 Å². The standard InChI is InChI=1S/C13H17N/c1-3-7-12(8-4-1)11-14-13-9-5-2-6-10-13/h1,3-4,7-8,11,13H,2,5-6,9-10H2/b14-11+. The molecule has 2 rings (SSSR count). The van der Waals surface area contributed by atoms with Gasteiger partial charge in [0.2, 0.25) is 0 Å². The van der Waals surface area contributed by atoms with Crippen molar-refractivity contribution in [1.29, 1.82) is 0 Å². The summed E-state index contributed by atoms with van der Waals surface area (Å²) in [5.41, 5.74) is 1.22. The maximum Gasteiger partial charge on any atom is 0.0499 e. The van der Waals surface area contributed by atoms with E-state index in [-0.39, 0.29) is 0 Å². The summed E-state index contributed by atoms with van der Waals surface area (Å²) in [7, 11) is 0. The Morgan fingerprint density at radius 2 is 1.71 bits per heavy atom. The minimum atomic E-state index is 0.587. The molecule has 0 aromatic heterocycles. The van der Waals surface area contributed by atoms with E-state index in [1.807, 2.05) is 12.3 Å². The van der Waals surface area contributed by atoms with Gasteiger partial charge in [0.15, 0.2) is 0 Å². The third-order valence-corrected chi connectivity index (χ3v) is 2.81. The summed E-state index contributed by atoms with van der Waals surface area (Å²) >= 11 is 0. The summed E-state index contributed by atoms with van der Waals surface area (Å²) < 4.78 is 0. The van der Waals surface area contributed by atoms with Gasteiger partial charge in [0.25, 0.3) is 0 Å². The third kappa shape index (κ3) is 2.69. The topological polar surface area (TPSA) is 12.4 Å². The van der Waals surface area contributed by atoms with Gasteiger partial charge in [-0.2, -0.15) is 0 Å². The number of benzene rings is 1. The van der Waals surface area contributed by atoms with Gasteiger partial charge in [-0.1, -0.05) is 49.6 Å². The van der Waals surface area contributed by atoms with E-state index in [2.05, 4.69) is 29.3 Å². The molecule has 0 unspecified atom stereocenters. The molecule has 1 saturated carbocycles. The van der Waals surface area contributed by atoms with Gasteiger partial charge < -0.3 is 0 Å². The summed E-state index contributed by atoms with van der Waals surface area (Å²) in [5, 5.41) is 0. The van der Waals surface area contributed by atoms with Gasteiger partial charge in [0, 0.05) is 12.3 Å². The quantitative estimate of drug-likeness (QED) is 0.629. The maximum absolute atomic E-state index is 4.63. The molecule has 14 heavy (non-hydrogen) atoms. The fourth-order valence-electron chi connectivity index (χ4n) is 1.96. The predicted molar refractivity (Wildman–Crippen MR) is 60.9 cm³/mol. The molecule has 1 fully saturated rings. The van der Waals surface area contributed by atoms with Crippen molar-refractivity contribution in [2.24, 2.45) is 4.99 Å². The monoisotopic (exact) mass is 187 g/mol. The van der Waals surface area contributed by atoms with Crippen molar-refractivity contribution < 1.29 is 0 Å². The second-order valence-corrected chi connectivity index (χ2v) is 3.98. The van der Waals surface area contributed by atoms with Crippen LogP contribution in [-0.2, 0) is 0 Å². The molecule has 0 radical (unpaired) electrons. The molecule has 0 heterocycles. The average molecular weight is 187 g/mol. The van der Waals surface area contributed by atoms with Crippen LogP contribution in [0.15, 0.2) is 35.3 Å². The molecular formula is C13H17N. The molecule has 1 aliphatic rings. The van der Waals surface area contributed by atoms with Crippen LogP contribution in [0, 0.1) is 0 Å². The normalized spacial score (nSPS) is 18.9. The zero-order valence-corrected chi connectivity index (χ0v) is 8.52. The van der Waals surface area contributed by atoms with E-state index in [1.54, 1.807) is 0 Å². The smallest absolute Gasteiger partial charge is 0.0499 e. The van der Waals surface area contributed by atoms with E-state index in [4.69, 9.17) is 0 Å². The molecule has 0 aliphatic heterocycles. The van der Waals surface area contributed by atoms with Gasteiger partial charge >= 0.3 is 0 Å². The fraction of sp³-hybridized carbons (Fsp3) is 0.462. The van der Waals surface area contributed by atoms with Crippen molar-refractivity contribution in [2.45, 2.75) is 38.1 Å². The van der Waals surface area contributed by atoms with Crippen LogP contribution < -0.4 is 0 Å². The Bertz CT molecular complexity index is 283. The zero-order valence-electron chi connectivity index (χ0n) is 8.52. The molecule has 0 spiro atoms. The molecular weight excluding hydrogens is 170 g/mol. The second kappa shape index (κ2) is 4.94. The predicted octanol–water partition coefficient (Wildman–Crippen LogP) is 3.44. The molecule has 0 saturated heterocycles. The maximum atomic E-state index is 4.63. The highest BCUT2D eigenvalue weighted by Crippen LogP contribution is 2.19. The van der Waals surface area contributed by atoms with Gasteiger partial charge in [-0.3, -0.25) is 4.99 Å². The number of nitrogens with zero attached hydrogens (tertiary/aromatic N) is 1. The highest BCUT2D eigenvalue weighted by atomic mass is 14.8. The molecule has 1 nitrogen and oxygen atoms in total. The van der Waals surface area contributed by atoms with E-state index >= 15 is 0 Å². The van der Waals surface area contributed by atoms with E-state index in [9.17, 15) is 0 Å². The lowest BCUT2D eigenvalue weighted by atomic mass is 9.96. The van der Waals surface area contributed by atoms with Crippen LogP contribution in [0.2, 0.25) is 0 Å². The number of rotatable bonds is 2. The Morgan fingerprint density at radius 3 is 2.43 bits per heavy atom. The first kappa shape index (κ1) is 9.45. The Balaban J connectivity index is 1.93. The number of aliphatic imine (C=N–C) groups is 1. The van der Waals surface area contributed by atoms with E-state index in [1.165, 1.54) is 37.7 Å². The van der Waals surface area contributed by atoms with Gasteiger partial charge in [-0.05, 0) is 18.4 Å². The largest absolute Gasteiger partial charge is 0.289 e. The fourth-order valence-corrected chi connectivity index (χ4v) is 1.96.